The highest BCUT2D eigenvalue weighted by molar-refractivity contribution is 5.79. The van der Waals surface area contributed by atoms with Crippen LogP contribution in [0.15, 0.2) is 30.3 Å². The number of rotatable bonds is 1. The minimum atomic E-state index is 0.152. The number of hydrogen-bond donors (Lipinski definition) is 0. The number of pyridine rings is 1. The van der Waals surface area contributed by atoms with Crippen LogP contribution in [-0.4, -0.2) is 4.98 Å². The maximum absolute atomic E-state index is 8.65. The summed E-state index contributed by atoms with van der Waals surface area (Å²) in [6.07, 6.45) is 0.372. The molecular weight excluding hydrogens is 208 g/mol. The summed E-state index contributed by atoms with van der Waals surface area (Å²) in [6, 6.07) is 12.4. The Morgan fingerprint density at radius 3 is 2.59 bits per heavy atom. The first-order valence-corrected chi connectivity index (χ1v) is 5.78. The first kappa shape index (κ1) is 11.6. The molecular formula is C15H16N2. The monoisotopic (exact) mass is 224 g/mol. The zero-order chi connectivity index (χ0) is 12.5. The van der Waals surface area contributed by atoms with Crippen LogP contribution >= 0.6 is 0 Å². The number of benzene rings is 1. The summed E-state index contributed by atoms with van der Waals surface area (Å²) in [4.78, 5) is 4.47. The third-order valence-corrected chi connectivity index (χ3v) is 2.87. The predicted molar refractivity (Wildman–Crippen MR) is 69.8 cm³/mol. The molecule has 2 rings (SSSR count). The highest BCUT2D eigenvalue weighted by Gasteiger charge is 2.13. The minimum Gasteiger partial charge on any atom is -0.252 e. The van der Waals surface area contributed by atoms with E-state index in [1.54, 1.807) is 0 Å². The lowest BCUT2D eigenvalue weighted by Crippen LogP contribution is -2.10. The van der Waals surface area contributed by atoms with Gasteiger partial charge in [0.2, 0.25) is 0 Å². The molecule has 0 aliphatic heterocycles. The smallest absolute Gasteiger partial charge is 0.0774 e. The van der Waals surface area contributed by atoms with Gasteiger partial charge in [0.25, 0.3) is 0 Å². The van der Waals surface area contributed by atoms with Crippen molar-refractivity contribution in [2.45, 2.75) is 32.6 Å². The van der Waals surface area contributed by atoms with Crippen molar-refractivity contribution in [3.05, 3.63) is 41.6 Å². The Hall–Kier alpha value is -1.88. The molecule has 2 heteroatoms. The summed E-state index contributed by atoms with van der Waals surface area (Å²) in [5.41, 5.74) is 3.26. The highest BCUT2D eigenvalue weighted by atomic mass is 14.7. The second kappa shape index (κ2) is 4.18. The number of aromatic nitrogens is 1. The molecule has 0 unspecified atom stereocenters. The standard InChI is InChI=1S/C15H16N2/c1-15(2,3)12-5-7-14-11(10-12)4-6-13(17-14)8-9-16/h4-7,10H,8H2,1-3H3. The van der Waals surface area contributed by atoms with E-state index in [1.807, 2.05) is 18.2 Å². The van der Waals surface area contributed by atoms with Crippen LogP contribution in [-0.2, 0) is 11.8 Å². The van der Waals surface area contributed by atoms with Crippen molar-refractivity contribution in [2.24, 2.45) is 0 Å². The van der Waals surface area contributed by atoms with E-state index in [2.05, 4.69) is 44.0 Å². The molecule has 0 saturated heterocycles. The Morgan fingerprint density at radius 1 is 1.18 bits per heavy atom. The maximum Gasteiger partial charge on any atom is 0.0774 e. The van der Waals surface area contributed by atoms with Crippen LogP contribution in [0.25, 0.3) is 10.9 Å². The molecule has 17 heavy (non-hydrogen) atoms. The molecule has 2 aromatic rings. The second-order valence-electron chi connectivity index (χ2n) is 5.29. The molecule has 0 spiro atoms. The quantitative estimate of drug-likeness (QED) is 0.742. The van der Waals surface area contributed by atoms with Crippen LogP contribution in [0.1, 0.15) is 32.0 Å². The van der Waals surface area contributed by atoms with Gasteiger partial charge in [0.1, 0.15) is 0 Å². The Labute approximate surface area is 102 Å². The number of nitriles is 1. The molecule has 86 valence electrons. The van der Waals surface area contributed by atoms with E-state index in [-0.39, 0.29) is 5.41 Å². The first-order chi connectivity index (χ1) is 8.00. The van der Waals surface area contributed by atoms with Gasteiger partial charge in [0.15, 0.2) is 0 Å². The van der Waals surface area contributed by atoms with Crippen molar-refractivity contribution in [2.75, 3.05) is 0 Å². The molecule has 0 bridgehead atoms. The van der Waals surface area contributed by atoms with E-state index in [0.717, 1.165) is 16.6 Å². The lowest BCUT2D eigenvalue weighted by Gasteiger charge is -2.19. The van der Waals surface area contributed by atoms with E-state index in [9.17, 15) is 0 Å². The van der Waals surface area contributed by atoms with Gasteiger partial charge in [-0.15, -0.1) is 0 Å². The molecule has 0 radical (unpaired) electrons. The summed E-state index contributed by atoms with van der Waals surface area (Å²) in [6.45, 7) is 6.60. The molecule has 0 N–H and O–H groups in total. The molecule has 0 fully saturated rings. The van der Waals surface area contributed by atoms with Crippen molar-refractivity contribution in [3.8, 4) is 6.07 Å². The third kappa shape index (κ3) is 2.45. The maximum atomic E-state index is 8.65. The van der Waals surface area contributed by atoms with Gasteiger partial charge < -0.3 is 0 Å². The van der Waals surface area contributed by atoms with Gasteiger partial charge in [0, 0.05) is 5.39 Å². The SMILES string of the molecule is CC(C)(C)c1ccc2nc(CC#N)ccc2c1. The van der Waals surface area contributed by atoms with Crippen molar-refractivity contribution in [1.29, 1.82) is 5.26 Å². The summed E-state index contributed by atoms with van der Waals surface area (Å²) in [5.74, 6) is 0. The predicted octanol–water partition coefficient (Wildman–Crippen LogP) is 3.60. The number of hydrogen-bond acceptors (Lipinski definition) is 2. The summed E-state index contributed by atoms with van der Waals surface area (Å²) in [7, 11) is 0. The van der Waals surface area contributed by atoms with Crippen LogP contribution in [0.5, 0.6) is 0 Å². The molecule has 0 aliphatic carbocycles. The van der Waals surface area contributed by atoms with Crippen molar-refractivity contribution < 1.29 is 0 Å². The zero-order valence-electron chi connectivity index (χ0n) is 10.5. The van der Waals surface area contributed by atoms with Crippen LogP contribution in [0.2, 0.25) is 0 Å². The topological polar surface area (TPSA) is 36.7 Å². The van der Waals surface area contributed by atoms with Gasteiger partial charge in [-0.3, -0.25) is 4.98 Å². The first-order valence-electron chi connectivity index (χ1n) is 5.78. The Balaban J connectivity index is 2.51. The Bertz CT molecular complexity index is 586. The van der Waals surface area contributed by atoms with Crippen LogP contribution in [0.4, 0.5) is 0 Å². The van der Waals surface area contributed by atoms with Crippen molar-refractivity contribution in [1.82, 2.24) is 4.98 Å². The van der Waals surface area contributed by atoms with E-state index >= 15 is 0 Å². The Kier molecular flexibility index (Phi) is 2.85. The summed E-state index contributed by atoms with van der Waals surface area (Å²) in [5, 5.41) is 9.79. The molecule has 0 aliphatic rings. The fourth-order valence-corrected chi connectivity index (χ4v) is 1.81. The van der Waals surface area contributed by atoms with Crippen LogP contribution < -0.4 is 0 Å². The van der Waals surface area contributed by atoms with E-state index < -0.39 is 0 Å². The number of fused-ring (bicyclic) bond motifs is 1. The van der Waals surface area contributed by atoms with E-state index in [1.165, 1.54) is 5.56 Å². The fourth-order valence-electron chi connectivity index (χ4n) is 1.81. The fraction of sp³-hybridized carbons (Fsp3) is 0.333. The van der Waals surface area contributed by atoms with Gasteiger partial charge in [-0.2, -0.15) is 5.26 Å². The minimum absolute atomic E-state index is 0.152. The molecule has 0 amide bonds. The molecule has 1 aromatic heterocycles. The van der Waals surface area contributed by atoms with Crippen molar-refractivity contribution in [3.63, 3.8) is 0 Å². The third-order valence-electron chi connectivity index (χ3n) is 2.87. The van der Waals surface area contributed by atoms with Gasteiger partial charge in [-0.1, -0.05) is 32.9 Å². The van der Waals surface area contributed by atoms with Gasteiger partial charge in [-0.05, 0) is 29.2 Å². The van der Waals surface area contributed by atoms with E-state index in [4.69, 9.17) is 5.26 Å². The normalized spacial score (nSPS) is 11.4. The van der Waals surface area contributed by atoms with E-state index in [0.29, 0.717) is 6.42 Å². The lowest BCUT2D eigenvalue weighted by molar-refractivity contribution is 0.591. The number of nitrogens with zero attached hydrogens (tertiary/aromatic N) is 2. The van der Waals surface area contributed by atoms with Crippen LogP contribution in [0, 0.1) is 11.3 Å². The average molecular weight is 224 g/mol. The lowest BCUT2D eigenvalue weighted by atomic mass is 9.86. The average Bonchev–Trinajstić information content (AvgIpc) is 2.27. The Morgan fingerprint density at radius 2 is 1.94 bits per heavy atom. The second-order valence-corrected chi connectivity index (χ2v) is 5.29. The van der Waals surface area contributed by atoms with Gasteiger partial charge >= 0.3 is 0 Å². The molecule has 1 aromatic carbocycles. The summed E-state index contributed by atoms with van der Waals surface area (Å²) >= 11 is 0. The molecule has 0 saturated carbocycles. The zero-order valence-corrected chi connectivity index (χ0v) is 10.5. The largest absolute Gasteiger partial charge is 0.252 e. The van der Waals surface area contributed by atoms with Crippen molar-refractivity contribution >= 4 is 10.9 Å². The highest BCUT2D eigenvalue weighted by Crippen LogP contribution is 2.25. The summed E-state index contributed by atoms with van der Waals surface area (Å²) < 4.78 is 0. The molecule has 2 nitrogen and oxygen atoms in total. The molecule has 1 heterocycles. The molecule has 0 atom stereocenters. The van der Waals surface area contributed by atoms with Gasteiger partial charge in [0.05, 0.1) is 23.7 Å². The van der Waals surface area contributed by atoms with Gasteiger partial charge in [-0.25, -0.2) is 0 Å². The van der Waals surface area contributed by atoms with Crippen LogP contribution in [0.3, 0.4) is 0 Å².